The van der Waals surface area contributed by atoms with Crippen LogP contribution in [0.1, 0.15) is 47.2 Å². The second-order valence-electron chi connectivity index (χ2n) is 8.08. The molecule has 162 valence electrons. The van der Waals surface area contributed by atoms with E-state index in [1.165, 1.54) is 12.3 Å². The molecule has 0 bridgehead atoms. The first-order chi connectivity index (χ1) is 15.3. The third-order valence-corrected chi connectivity index (χ3v) is 6.06. The van der Waals surface area contributed by atoms with Crippen LogP contribution in [0.15, 0.2) is 59.5 Å². The summed E-state index contributed by atoms with van der Waals surface area (Å²) >= 11 is 0. The molecule has 1 N–H and O–H groups in total. The van der Waals surface area contributed by atoms with Gasteiger partial charge in [-0.1, -0.05) is 25.0 Å². The molecular weight excluding hydrogens is 412 g/mol. The Morgan fingerprint density at radius 3 is 2.44 bits per heavy atom. The van der Waals surface area contributed by atoms with E-state index in [0.29, 0.717) is 11.3 Å². The van der Waals surface area contributed by atoms with Gasteiger partial charge < -0.3 is 5.32 Å². The minimum atomic E-state index is -0.780. The predicted octanol–water partition coefficient (Wildman–Crippen LogP) is 5.01. The Labute approximate surface area is 183 Å². The summed E-state index contributed by atoms with van der Waals surface area (Å²) in [6.45, 7) is 1.60. The fourth-order valence-corrected chi connectivity index (χ4v) is 4.27. The zero-order chi connectivity index (χ0) is 22.9. The van der Waals surface area contributed by atoms with Crippen LogP contribution in [0.4, 0.5) is 14.5 Å². The molecule has 1 saturated carbocycles. The lowest BCUT2D eigenvalue weighted by atomic mass is 9.80. The molecule has 0 aliphatic heterocycles. The molecule has 1 amide bonds. The van der Waals surface area contributed by atoms with Gasteiger partial charge in [-0.2, -0.15) is 5.26 Å². The maximum absolute atomic E-state index is 14.2. The molecule has 0 atom stereocenters. The van der Waals surface area contributed by atoms with Crippen molar-refractivity contribution in [1.29, 1.82) is 5.26 Å². The maximum atomic E-state index is 14.2. The summed E-state index contributed by atoms with van der Waals surface area (Å²) in [5, 5.41) is 12.3. The van der Waals surface area contributed by atoms with Crippen molar-refractivity contribution >= 4 is 11.6 Å². The Morgan fingerprint density at radius 2 is 1.78 bits per heavy atom. The van der Waals surface area contributed by atoms with E-state index >= 15 is 0 Å². The molecule has 5 nitrogen and oxygen atoms in total. The Balaban J connectivity index is 1.64. The van der Waals surface area contributed by atoms with Gasteiger partial charge in [-0.15, -0.1) is 0 Å². The molecule has 2 aromatic carbocycles. The van der Waals surface area contributed by atoms with E-state index in [4.69, 9.17) is 0 Å². The Morgan fingerprint density at radius 1 is 1.09 bits per heavy atom. The first-order valence-corrected chi connectivity index (χ1v) is 10.4. The van der Waals surface area contributed by atoms with Gasteiger partial charge in [0.25, 0.3) is 11.5 Å². The highest BCUT2D eigenvalue weighted by molar-refractivity contribution is 6.05. The van der Waals surface area contributed by atoms with Crippen LogP contribution in [0.3, 0.4) is 0 Å². The van der Waals surface area contributed by atoms with Crippen LogP contribution in [0.25, 0.3) is 5.69 Å². The fourth-order valence-electron chi connectivity index (χ4n) is 4.27. The average molecular weight is 433 g/mol. The Kier molecular flexibility index (Phi) is 5.62. The Bertz CT molecular complexity index is 1280. The molecule has 1 aromatic heterocycles. The van der Waals surface area contributed by atoms with Crippen LogP contribution in [0.5, 0.6) is 0 Å². The van der Waals surface area contributed by atoms with Crippen molar-refractivity contribution in [3.8, 4) is 11.8 Å². The average Bonchev–Trinajstić information content (AvgIpc) is 3.27. The van der Waals surface area contributed by atoms with Gasteiger partial charge in [0, 0.05) is 18.0 Å². The number of amides is 1. The number of anilines is 1. The Hall–Kier alpha value is -3.79. The van der Waals surface area contributed by atoms with Crippen molar-refractivity contribution < 1.29 is 13.6 Å². The zero-order valence-electron chi connectivity index (χ0n) is 17.5. The lowest BCUT2D eigenvalue weighted by molar-refractivity contribution is 0.102. The van der Waals surface area contributed by atoms with Crippen molar-refractivity contribution in [2.24, 2.45) is 0 Å². The number of aryl methyl sites for hydroxylation is 1. The van der Waals surface area contributed by atoms with Crippen molar-refractivity contribution in [1.82, 2.24) is 4.57 Å². The summed E-state index contributed by atoms with van der Waals surface area (Å²) in [5.41, 5.74) is 0.119. The number of benzene rings is 2. The maximum Gasteiger partial charge on any atom is 0.268 e. The number of nitriles is 1. The molecule has 1 heterocycles. The minimum Gasteiger partial charge on any atom is -0.322 e. The van der Waals surface area contributed by atoms with E-state index in [0.717, 1.165) is 54.0 Å². The lowest BCUT2D eigenvalue weighted by Crippen LogP contribution is -2.30. The molecule has 1 aliphatic rings. The summed E-state index contributed by atoms with van der Waals surface area (Å²) in [4.78, 5) is 25.9. The van der Waals surface area contributed by atoms with Gasteiger partial charge in [0.1, 0.15) is 17.2 Å². The summed E-state index contributed by atoms with van der Waals surface area (Å²) in [6, 6.07) is 13.8. The first-order valence-electron chi connectivity index (χ1n) is 10.4. The molecular formula is C25H21F2N3O2. The number of rotatable bonds is 4. The van der Waals surface area contributed by atoms with Crippen LogP contribution in [0, 0.1) is 29.9 Å². The SMILES string of the molecule is Cc1ccn(-c2cc(F)ccc2F)c(=O)c1C(=O)Nc1ccc(C2(C#N)CCCC2)cc1. The number of nitrogens with zero attached hydrogens (tertiary/aromatic N) is 2. The number of nitrogens with one attached hydrogen (secondary N) is 1. The second kappa shape index (κ2) is 8.39. The number of carbonyl (C=O) groups is 1. The summed E-state index contributed by atoms with van der Waals surface area (Å²) in [5.74, 6) is -2.13. The molecule has 4 rings (SSSR count). The highest BCUT2D eigenvalue weighted by Crippen LogP contribution is 2.40. The van der Waals surface area contributed by atoms with Gasteiger partial charge in [-0.05, 0) is 61.2 Å². The highest BCUT2D eigenvalue weighted by atomic mass is 19.1. The van der Waals surface area contributed by atoms with Gasteiger partial charge >= 0.3 is 0 Å². The molecule has 0 spiro atoms. The van der Waals surface area contributed by atoms with E-state index in [1.807, 2.05) is 12.1 Å². The molecule has 3 aromatic rings. The quantitative estimate of drug-likeness (QED) is 0.628. The first kappa shape index (κ1) is 21.4. The molecule has 0 unspecified atom stereocenters. The van der Waals surface area contributed by atoms with Crippen LogP contribution in [0.2, 0.25) is 0 Å². The van der Waals surface area contributed by atoms with E-state index in [-0.39, 0.29) is 11.3 Å². The summed E-state index contributed by atoms with van der Waals surface area (Å²) < 4.78 is 28.7. The smallest absolute Gasteiger partial charge is 0.268 e. The monoisotopic (exact) mass is 433 g/mol. The van der Waals surface area contributed by atoms with Gasteiger partial charge in [0.05, 0.1) is 17.2 Å². The van der Waals surface area contributed by atoms with Gasteiger partial charge in [0.15, 0.2) is 0 Å². The van der Waals surface area contributed by atoms with E-state index < -0.39 is 28.5 Å². The van der Waals surface area contributed by atoms with Crippen LogP contribution in [-0.4, -0.2) is 10.5 Å². The van der Waals surface area contributed by atoms with E-state index in [1.54, 1.807) is 19.1 Å². The van der Waals surface area contributed by atoms with Crippen molar-refractivity contribution in [3.05, 3.63) is 93.4 Å². The normalized spacial score (nSPS) is 14.7. The molecule has 0 saturated heterocycles. The number of halogens is 2. The molecule has 1 fully saturated rings. The van der Waals surface area contributed by atoms with Crippen LogP contribution in [-0.2, 0) is 5.41 Å². The van der Waals surface area contributed by atoms with Crippen molar-refractivity contribution in [2.75, 3.05) is 5.32 Å². The number of hydrogen-bond donors (Lipinski definition) is 1. The topological polar surface area (TPSA) is 74.9 Å². The van der Waals surface area contributed by atoms with E-state index in [2.05, 4.69) is 11.4 Å². The van der Waals surface area contributed by atoms with Gasteiger partial charge in [-0.25, -0.2) is 8.78 Å². The molecule has 7 heteroatoms. The molecule has 32 heavy (non-hydrogen) atoms. The third-order valence-electron chi connectivity index (χ3n) is 6.06. The fraction of sp³-hybridized carbons (Fsp3) is 0.240. The zero-order valence-corrected chi connectivity index (χ0v) is 17.5. The van der Waals surface area contributed by atoms with Gasteiger partial charge in [-0.3, -0.25) is 14.2 Å². The number of aromatic nitrogens is 1. The van der Waals surface area contributed by atoms with Crippen LogP contribution < -0.4 is 10.9 Å². The standard InChI is InChI=1S/C25H21F2N3O2/c1-16-10-13-30(21-14-18(26)6-9-20(21)27)24(32)22(16)23(31)29-19-7-4-17(5-8-19)25(15-28)11-2-3-12-25/h4-10,13-14H,2-3,11-12H2,1H3,(H,29,31). The second-order valence-corrected chi connectivity index (χ2v) is 8.08. The van der Waals surface area contributed by atoms with Crippen molar-refractivity contribution in [2.45, 2.75) is 38.0 Å². The highest BCUT2D eigenvalue weighted by Gasteiger charge is 2.35. The lowest BCUT2D eigenvalue weighted by Gasteiger charge is -2.21. The van der Waals surface area contributed by atoms with Crippen molar-refractivity contribution in [3.63, 3.8) is 0 Å². The molecule has 0 radical (unpaired) electrons. The van der Waals surface area contributed by atoms with Crippen LogP contribution >= 0.6 is 0 Å². The number of pyridine rings is 1. The largest absolute Gasteiger partial charge is 0.322 e. The third kappa shape index (κ3) is 3.80. The number of hydrogen-bond acceptors (Lipinski definition) is 3. The van der Waals surface area contributed by atoms with E-state index in [9.17, 15) is 23.6 Å². The summed E-state index contributed by atoms with van der Waals surface area (Å²) in [7, 11) is 0. The number of carbonyl (C=O) groups excluding carboxylic acids is 1. The predicted molar refractivity (Wildman–Crippen MR) is 117 cm³/mol. The minimum absolute atomic E-state index is 0.162. The summed E-state index contributed by atoms with van der Waals surface area (Å²) in [6.07, 6.45) is 4.96. The molecule has 1 aliphatic carbocycles. The van der Waals surface area contributed by atoms with Gasteiger partial charge in [0.2, 0.25) is 0 Å².